The first-order valence-corrected chi connectivity index (χ1v) is 13.9. The standard InChI is InChI=1S/C26H36N4O3S/c1-22-4-6-23(7-5-22)29-17-15-28(16-18-29)12-8-24-19-26(21-33-24)9-13-30(14-10-26)34(31,32)25-3-2-11-27-20-25/h2-7,11,20,24H,8-10,12-19,21H2,1H3. The van der Waals surface area contributed by atoms with Gasteiger partial charge in [0.1, 0.15) is 4.90 Å². The van der Waals surface area contributed by atoms with Crippen molar-refractivity contribution in [2.24, 2.45) is 5.41 Å². The summed E-state index contributed by atoms with van der Waals surface area (Å²) in [6.07, 6.45) is 7.19. The molecule has 34 heavy (non-hydrogen) atoms. The van der Waals surface area contributed by atoms with Gasteiger partial charge in [-0.2, -0.15) is 4.31 Å². The van der Waals surface area contributed by atoms with Crippen molar-refractivity contribution in [3.63, 3.8) is 0 Å². The molecule has 1 unspecified atom stereocenters. The molecule has 3 aliphatic heterocycles. The molecule has 3 aliphatic rings. The molecule has 1 spiro atoms. The number of ether oxygens (including phenoxy) is 1. The number of hydrogen-bond donors (Lipinski definition) is 0. The molecule has 0 aliphatic carbocycles. The zero-order valence-electron chi connectivity index (χ0n) is 20.1. The molecule has 1 atom stereocenters. The Bertz CT molecular complexity index is 1050. The maximum atomic E-state index is 12.9. The van der Waals surface area contributed by atoms with E-state index in [1.165, 1.54) is 17.4 Å². The Labute approximate surface area is 203 Å². The summed E-state index contributed by atoms with van der Waals surface area (Å²) in [4.78, 5) is 9.30. The van der Waals surface area contributed by atoms with Gasteiger partial charge in [-0.25, -0.2) is 8.42 Å². The van der Waals surface area contributed by atoms with Crippen LogP contribution in [0.5, 0.6) is 0 Å². The van der Waals surface area contributed by atoms with Crippen molar-refractivity contribution in [2.75, 3.05) is 57.3 Å². The number of piperazine rings is 1. The largest absolute Gasteiger partial charge is 0.378 e. The Morgan fingerprint density at radius 2 is 1.76 bits per heavy atom. The Morgan fingerprint density at radius 1 is 1.03 bits per heavy atom. The van der Waals surface area contributed by atoms with Crippen LogP contribution in [0.3, 0.4) is 0 Å². The van der Waals surface area contributed by atoms with Crippen LogP contribution in [0, 0.1) is 12.3 Å². The first kappa shape index (κ1) is 23.7. The molecule has 0 saturated carbocycles. The summed E-state index contributed by atoms with van der Waals surface area (Å²) in [5.74, 6) is 0. The Hall–Kier alpha value is -2.00. The normalized spacial score (nSPS) is 24.0. The predicted molar refractivity (Wildman–Crippen MR) is 133 cm³/mol. The van der Waals surface area contributed by atoms with Crippen LogP contribution in [0.4, 0.5) is 5.69 Å². The summed E-state index contributed by atoms with van der Waals surface area (Å²) < 4.78 is 33.7. The summed E-state index contributed by atoms with van der Waals surface area (Å²) in [6, 6.07) is 12.1. The molecule has 8 heteroatoms. The summed E-state index contributed by atoms with van der Waals surface area (Å²) >= 11 is 0. The third kappa shape index (κ3) is 5.15. The van der Waals surface area contributed by atoms with Gasteiger partial charge >= 0.3 is 0 Å². The van der Waals surface area contributed by atoms with E-state index in [-0.39, 0.29) is 16.4 Å². The average Bonchev–Trinajstić information content (AvgIpc) is 3.26. The fraction of sp³-hybridized carbons (Fsp3) is 0.577. The molecule has 0 bridgehead atoms. The Kier molecular flexibility index (Phi) is 6.93. The fourth-order valence-electron chi connectivity index (χ4n) is 5.59. The summed E-state index contributed by atoms with van der Waals surface area (Å²) in [6.45, 7) is 9.41. The zero-order chi connectivity index (χ0) is 23.6. The van der Waals surface area contributed by atoms with E-state index in [2.05, 4.69) is 46.0 Å². The highest BCUT2D eigenvalue weighted by molar-refractivity contribution is 7.89. The van der Waals surface area contributed by atoms with Gasteiger partial charge in [0.25, 0.3) is 0 Å². The highest BCUT2D eigenvalue weighted by Gasteiger charge is 2.44. The molecule has 3 saturated heterocycles. The van der Waals surface area contributed by atoms with Crippen molar-refractivity contribution in [1.82, 2.24) is 14.2 Å². The van der Waals surface area contributed by atoms with Crippen molar-refractivity contribution in [3.8, 4) is 0 Å². The topological polar surface area (TPSA) is 66.0 Å². The second-order valence-electron chi connectivity index (χ2n) is 10.2. The van der Waals surface area contributed by atoms with Crippen molar-refractivity contribution < 1.29 is 13.2 Å². The summed E-state index contributed by atoms with van der Waals surface area (Å²) in [5.41, 5.74) is 2.76. The second-order valence-corrected chi connectivity index (χ2v) is 12.1. The number of hydrogen-bond acceptors (Lipinski definition) is 6. The van der Waals surface area contributed by atoms with Gasteiger partial charge in [0.2, 0.25) is 10.0 Å². The number of nitrogens with zero attached hydrogens (tertiary/aromatic N) is 4. The van der Waals surface area contributed by atoms with Gasteiger partial charge in [-0.1, -0.05) is 17.7 Å². The smallest absolute Gasteiger partial charge is 0.244 e. The molecule has 2 aromatic rings. The first-order chi connectivity index (χ1) is 16.4. The van der Waals surface area contributed by atoms with Crippen molar-refractivity contribution in [2.45, 2.75) is 43.6 Å². The summed E-state index contributed by atoms with van der Waals surface area (Å²) in [5, 5.41) is 0. The number of piperidine rings is 1. The van der Waals surface area contributed by atoms with Gasteiger partial charge in [0.15, 0.2) is 0 Å². The van der Waals surface area contributed by atoms with Gasteiger partial charge in [0, 0.05) is 63.9 Å². The van der Waals surface area contributed by atoms with Crippen LogP contribution in [0.25, 0.3) is 0 Å². The number of benzene rings is 1. The monoisotopic (exact) mass is 484 g/mol. The van der Waals surface area contributed by atoms with E-state index in [1.54, 1.807) is 22.6 Å². The molecule has 1 aromatic carbocycles. The van der Waals surface area contributed by atoms with E-state index in [1.807, 2.05) is 0 Å². The van der Waals surface area contributed by atoms with E-state index in [0.29, 0.717) is 13.1 Å². The zero-order valence-corrected chi connectivity index (χ0v) is 20.9. The highest BCUT2D eigenvalue weighted by atomic mass is 32.2. The van der Waals surface area contributed by atoms with E-state index in [9.17, 15) is 8.42 Å². The van der Waals surface area contributed by atoms with Gasteiger partial charge in [-0.05, 0) is 62.3 Å². The minimum atomic E-state index is -3.45. The molecule has 3 fully saturated rings. The number of rotatable bonds is 6. The number of aryl methyl sites for hydroxylation is 1. The van der Waals surface area contributed by atoms with Crippen LogP contribution in [0.15, 0.2) is 53.7 Å². The molecular formula is C26H36N4O3S. The molecule has 0 N–H and O–H groups in total. The van der Waals surface area contributed by atoms with Gasteiger partial charge < -0.3 is 9.64 Å². The minimum absolute atomic E-state index is 0.135. The lowest BCUT2D eigenvalue weighted by molar-refractivity contribution is 0.0692. The van der Waals surface area contributed by atoms with Crippen LogP contribution in [0.1, 0.15) is 31.2 Å². The molecule has 4 heterocycles. The molecular weight excluding hydrogens is 448 g/mol. The lowest BCUT2D eigenvalue weighted by Crippen LogP contribution is -2.47. The molecule has 7 nitrogen and oxygen atoms in total. The molecule has 5 rings (SSSR count). The fourth-order valence-corrected chi connectivity index (χ4v) is 7.00. The maximum absolute atomic E-state index is 12.9. The van der Waals surface area contributed by atoms with Crippen LogP contribution >= 0.6 is 0 Å². The van der Waals surface area contributed by atoms with Crippen LogP contribution in [-0.4, -0.2) is 81.1 Å². The van der Waals surface area contributed by atoms with E-state index in [0.717, 1.165) is 65.0 Å². The van der Waals surface area contributed by atoms with Crippen molar-refractivity contribution in [1.29, 1.82) is 0 Å². The highest BCUT2D eigenvalue weighted by Crippen LogP contribution is 2.43. The van der Waals surface area contributed by atoms with Crippen molar-refractivity contribution >= 4 is 15.7 Å². The summed E-state index contributed by atoms with van der Waals surface area (Å²) in [7, 11) is -3.45. The SMILES string of the molecule is Cc1ccc(N2CCN(CCC3CC4(CCN(S(=O)(=O)c5cccnc5)CC4)CO3)CC2)cc1. The van der Waals surface area contributed by atoms with Crippen molar-refractivity contribution in [3.05, 3.63) is 54.4 Å². The van der Waals surface area contributed by atoms with Gasteiger partial charge in [-0.3, -0.25) is 9.88 Å². The first-order valence-electron chi connectivity index (χ1n) is 12.5. The van der Waals surface area contributed by atoms with Crippen LogP contribution in [0.2, 0.25) is 0 Å². The van der Waals surface area contributed by atoms with E-state index < -0.39 is 10.0 Å². The molecule has 184 valence electrons. The maximum Gasteiger partial charge on any atom is 0.244 e. The lowest BCUT2D eigenvalue weighted by atomic mass is 9.77. The molecule has 1 aromatic heterocycles. The number of pyridine rings is 1. The third-order valence-electron chi connectivity index (χ3n) is 7.88. The van der Waals surface area contributed by atoms with Crippen LogP contribution in [-0.2, 0) is 14.8 Å². The lowest BCUT2D eigenvalue weighted by Gasteiger charge is -2.38. The third-order valence-corrected chi connectivity index (χ3v) is 9.76. The minimum Gasteiger partial charge on any atom is -0.378 e. The van der Waals surface area contributed by atoms with E-state index >= 15 is 0 Å². The van der Waals surface area contributed by atoms with Gasteiger partial charge in [0.05, 0.1) is 12.7 Å². The Morgan fingerprint density at radius 3 is 2.44 bits per heavy atom. The van der Waals surface area contributed by atoms with E-state index in [4.69, 9.17) is 4.74 Å². The van der Waals surface area contributed by atoms with Crippen LogP contribution < -0.4 is 4.90 Å². The second kappa shape index (κ2) is 9.93. The Balaban J connectivity index is 1.06. The molecule has 0 amide bonds. The number of sulfonamides is 1. The predicted octanol–water partition coefficient (Wildman–Crippen LogP) is 3.16. The average molecular weight is 485 g/mol. The molecule has 0 radical (unpaired) electrons. The number of anilines is 1. The van der Waals surface area contributed by atoms with Gasteiger partial charge in [-0.15, -0.1) is 0 Å². The number of aromatic nitrogens is 1. The quantitative estimate of drug-likeness (QED) is 0.628.